The quantitative estimate of drug-likeness (QED) is 0.741. The SMILES string of the molecule is Cc1nc2ncc(C(=O)O[C@H](c3cnn(C)c3)C(F)(F)F)cc2[nH]1. The van der Waals surface area contributed by atoms with Crippen LogP contribution < -0.4 is 0 Å². The Balaban J connectivity index is 1.89. The minimum atomic E-state index is -4.76. The number of imidazole rings is 1. The second-order valence-electron chi connectivity index (χ2n) is 5.19. The highest BCUT2D eigenvalue weighted by Gasteiger charge is 2.45. The van der Waals surface area contributed by atoms with Gasteiger partial charge in [-0.2, -0.15) is 18.3 Å². The number of fused-ring (bicyclic) bond motifs is 1. The summed E-state index contributed by atoms with van der Waals surface area (Å²) in [6.07, 6.45) is -3.89. The van der Waals surface area contributed by atoms with Crippen LogP contribution in [0.5, 0.6) is 0 Å². The summed E-state index contributed by atoms with van der Waals surface area (Å²) in [6, 6.07) is 1.35. The molecule has 0 spiro atoms. The lowest BCUT2D eigenvalue weighted by molar-refractivity contribution is -0.207. The third-order valence-electron chi connectivity index (χ3n) is 3.24. The molecule has 1 N–H and O–H groups in total. The topological polar surface area (TPSA) is 85.7 Å². The van der Waals surface area contributed by atoms with Crippen LogP contribution in [0.2, 0.25) is 0 Å². The molecule has 0 aromatic carbocycles. The number of esters is 1. The molecule has 1 atom stereocenters. The molecule has 3 aromatic heterocycles. The van der Waals surface area contributed by atoms with Crippen molar-refractivity contribution >= 4 is 17.1 Å². The highest BCUT2D eigenvalue weighted by atomic mass is 19.4. The van der Waals surface area contributed by atoms with Gasteiger partial charge in [0.1, 0.15) is 5.82 Å². The Morgan fingerprint density at radius 2 is 2.12 bits per heavy atom. The second-order valence-corrected chi connectivity index (χ2v) is 5.19. The van der Waals surface area contributed by atoms with Gasteiger partial charge in [0.2, 0.25) is 6.10 Å². The van der Waals surface area contributed by atoms with Crippen molar-refractivity contribution in [3.63, 3.8) is 0 Å². The van der Waals surface area contributed by atoms with E-state index in [-0.39, 0.29) is 11.1 Å². The molecule has 126 valence electrons. The maximum atomic E-state index is 13.2. The molecule has 7 nitrogen and oxygen atoms in total. The van der Waals surface area contributed by atoms with Crippen LogP contribution in [0.1, 0.15) is 27.8 Å². The number of nitrogens with one attached hydrogen (secondary N) is 1. The molecule has 0 aliphatic heterocycles. The maximum Gasteiger partial charge on any atom is 0.429 e. The van der Waals surface area contributed by atoms with Crippen molar-refractivity contribution < 1.29 is 22.7 Å². The number of alkyl halides is 3. The Bertz CT molecular complexity index is 899. The van der Waals surface area contributed by atoms with Crippen LogP contribution in [0, 0.1) is 6.92 Å². The van der Waals surface area contributed by atoms with Gasteiger partial charge in [0, 0.05) is 25.0 Å². The Kier molecular flexibility index (Phi) is 3.74. The molecule has 0 saturated carbocycles. The molecule has 0 aliphatic carbocycles. The van der Waals surface area contributed by atoms with Gasteiger partial charge in [0.05, 0.1) is 17.3 Å². The number of rotatable bonds is 3. The van der Waals surface area contributed by atoms with Crippen molar-refractivity contribution in [2.75, 3.05) is 0 Å². The van der Waals surface area contributed by atoms with Crippen LogP contribution in [-0.2, 0) is 11.8 Å². The van der Waals surface area contributed by atoms with Crippen LogP contribution >= 0.6 is 0 Å². The summed E-state index contributed by atoms with van der Waals surface area (Å²) in [6.45, 7) is 1.70. The smallest absolute Gasteiger partial charge is 0.429 e. The average molecular weight is 339 g/mol. The molecule has 24 heavy (non-hydrogen) atoms. The molecule has 0 saturated heterocycles. The van der Waals surface area contributed by atoms with E-state index >= 15 is 0 Å². The van der Waals surface area contributed by atoms with Gasteiger partial charge in [-0.15, -0.1) is 0 Å². The van der Waals surface area contributed by atoms with Gasteiger partial charge in [0.15, 0.2) is 5.65 Å². The van der Waals surface area contributed by atoms with E-state index in [2.05, 4.69) is 24.8 Å². The molecular formula is C14H12F3N5O2. The number of nitrogens with zero attached hydrogens (tertiary/aromatic N) is 4. The number of aryl methyl sites for hydroxylation is 2. The molecule has 0 fully saturated rings. The third kappa shape index (κ3) is 3.07. The lowest BCUT2D eigenvalue weighted by Crippen LogP contribution is -2.26. The molecule has 0 radical (unpaired) electrons. The number of hydrogen-bond acceptors (Lipinski definition) is 5. The number of ether oxygens (including phenoxy) is 1. The molecule has 0 amide bonds. The van der Waals surface area contributed by atoms with Crippen LogP contribution in [-0.4, -0.2) is 36.9 Å². The van der Waals surface area contributed by atoms with Crippen molar-refractivity contribution in [3.05, 3.63) is 41.6 Å². The van der Waals surface area contributed by atoms with Gasteiger partial charge in [-0.1, -0.05) is 0 Å². The van der Waals surface area contributed by atoms with E-state index in [1.165, 1.54) is 17.8 Å². The normalized spacial score (nSPS) is 13.2. The summed E-state index contributed by atoms with van der Waals surface area (Å²) in [5, 5.41) is 3.67. The number of carbonyl (C=O) groups is 1. The highest BCUT2D eigenvalue weighted by molar-refractivity contribution is 5.92. The van der Waals surface area contributed by atoms with Crippen LogP contribution in [0.15, 0.2) is 24.7 Å². The molecule has 3 aromatic rings. The van der Waals surface area contributed by atoms with Gasteiger partial charge in [-0.3, -0.25) is 4.68 Å². The molecule has 3 heterocycles. The minimum absolute atomic E-state index is 0.107. The van der Waals surface area contributed by atoms with Crippen molar-refractivity contribution in [1.82, 2.24) is 24.7 Å². The van der Waals surface area contributed by atoms with Crippen LogP contribution in [0.4, 0.5) is 13.2 Å². The zero-order valence-corrected chi connectivity index (χ0v) is 12.6. The summed E-state index contributed by atoms with van der Waals surface area (Å²) in [5.74, 6) is -0.561. The Labute approximate surface area is 133 Å². The predicted octanol–water partition coefficient (Wildman–Crippen LogP) is 2.46. The van der Waals surface area contributed by atoms with Gasteiger partial charge in [-0.05, 0) is 13.0 Å². The monoisotopic (exact) mass is 339 g/mol. The average Bonchev–Trinajstić information content (AvgIpc) is 3.06. The second kappa shape index (κ2) is 5.62. The van der Waals surface area contributed by atoms with Gasteiger partial charge >= 0.3 is 12.1 Å². The van der Waals surface area contributed by atoms with Gasteiger partial charge < -0.3 is 9.72 Å². The predicted molar refractivity (Wildman–Crippen MR) is 76.0 cm³/mol. The fourth-order valence-electron chi connectivity index (χ4n) is 2.21. The largest absolute Gasteiger partial charge is 0.444 e. The van der Waals surface area contributed by atoms with E-state index < -0.39 is 18.2 Å². The molecule has 0 unspecified atom stereocenters. The molecule has 0 aliphatic rings. The Morgan fingerprint density at radius 1 is 1.38 bits per heavy atom. The summed E-state index contributed by atoms with van der Waals surface area (Å²) in [4.78, 5) is 22.9. The van der Waals surface area contributed by atoms with Crippen molar-refractivity contribution in [1.29, 1.82) is 0 Å². The minimum Gasteiger partial charge on any atom is -0.444 e. The summed E-state index contributed by atoms with van der Waals surface area (Å²) < 4.78 is 45.5. The summed E-state index contributed by atoms with van der Waals surface area (Å²) >= 11 is 0. The third-order valence-corrected chi connectivity index (χ3v) is 3.24. The number of H-pyrrole nitrogens is 1. The van der Waals surface area contributed by atoms with Crippen LogP contribution in [0.3, 0.4) is 0 Å². The van der Waals surface area contributed by atoms with E-state index in [4.69, 9.17) is 0 Å². The maximum absolute atomic E-state index is 13.2. The number of aromatic amines is 1. The van der Waals surface area contributed by atoms with E-state index in [1.807, 2.05) is 0 Å². The van der Waals surface area contributed by atoms with Crippen molar-refractivity contribution in [2.45, 2.75) is 19.2 Å². The van der Waals surface area contributed by atoms with Gasteiger partial charge in [0.25, 0.3) is 0 Å². The van der Waals surface area contributed by atoms with Crippen molar-refractivity contribution in [3.8, 4) is 0 Å². The van der Waals surface area contributed by atoms with E-state index in [0.29, 0.717) is 17.0 Å². The molecule has 0 bridgehead atoms. The first-order chi connectivity index (χ1) is 11.2. The number of hydrogen-bond donors (Lipinski definition) is 1. The van der Waals surface area contributed by atoms with Gasteiger partial charge in [-0.25, -0.2) is 14.8 Å². The Hall–Kier alpha value is -2.91. The summed E-state index contributed by atoms with van der Waals surface area (Å²) in [7, 11) is 1.47. The number of aromatic nitrogens is 5. The fourth-order valence-corrected chi connectivity index (χ4v) is 2.21. The first kappa shape index (κ1) is 16.0. The molecule has 10 heteroatoms. The first-order valence-corrected chi connectivity index (χ1v) is 6.82. The van der Waals surface area contributed by atoms with E-state index in [1.54, 1.807) is 6.92 Å². The Morgan fingerprint density at radius 3 is 2.75 bits per heavy atom. The van der Waals surface area contributed by atoms with Crippen LogP contribution in [0.25, 0.3) is 11.2 Å². The number of pyridine rings is 1. The summed E-state index contributed by atoms with van der Waals surface area (Å²) in [5.41, 5.74) is 0.435. The molecular weight excluding hydrogens is 327 g/mol. The fraction of sp³-hybridized carbons (Fsp3) is 0.286. The lowest BCUT2D eigenvalue weighted by atomic mass is 10.2. The zero-order valence-electron chi connectivity index (χ0n) is 12.6. The number of carbonyl (C=O) groups excluding carboxylic acids is 1. The molecule has 3 rings (SSSR count). The van der Waals surface area contributed by atoms with Crippen molar-refractivity contribution in [2.24, 2.45) is 7.05 Å². The number of halogens is 3. The highest BCUT2D eigenvalue weighted by Crippen LogP contribution is 2.36. The van der Waals surface area contributed by atoms with E-state index in [9.17, 15) is 18.0 Å². The lowest BCUT2D eigenvalue weighted by Gasteiger charge is -2.19. The zero-order chi connectivity index (χ0) is 17.5. The first-order valence-electron chi connectivity index (χ1n) is 6.82. The standard InChI is InChI=1S/C14H12F3N5O2/c1-7-20-10-3-8(4-18-12(10)21-7)13(23)24-11(14(15,16)17)9-5-19-22(2)6-9/h3-6,11H,1-2H3,(H,18,20,21)/t11-/m1/s1. The van der Waals surface area contributed by atoms with E-state index in [0.717, 1.165) is 18.6 Å².